The number of hydrogen-bond acceptors (Lipinski definition) is 3. The van der Waals surface area contributed by atoms with Crippen LogP contribution in [0.2, 0.25) is 0 Å². The fraction of sp³-hybridized carbons (Fsp3) is 0.875. The van der Waals surface area contributed by atoms with Gasteiger partial charge in [-0.1, -0.05) is 13.3 Å². The van der Waals surface area contributed by atoms with E-state index in [4.69, 9.17) is 0 Å². The van der Waals surface area contributed by atoms with E-state index in [2.05, 4.69) is 17.6 Å². The molecule has 2 aliphatic rings. The summed E-state index contributed by atoms with van der Waals surface area (Å²) in [5.41, 5.74) is -0.800. The Kier molecular flexibility index (Phi) is 5.25. The zero-order chi connectivity index (χ0) is 15.5. The average molecular weight is 296 g/mol. The normalized spacial score (nSPS) is 34.4. The fourth-order valence-corrected chi connectivity index (χ4v) is 3.73. The first-order chi connectivity index (χ1) is 9.93. The summed E-state index contributed by atoms with van der Waals surface area (Å²) in [6, 6.07) is -0.223. The van der Waals surface area contributed by atoms with Crippen LogP contribution in [0, 0.1) is 17.3 Å². The first kappa shape index (κ1) is 16.3. The minimum absolute atomic E-state index is 0.00690. The van der Waals surface area contributed by atoms with Crippen molar-refractivity contribution in [2.45, 2.75) is 58.4 Å². The Morgan fingerprint density at radius 3 is 2.76 bits per heavy atom. The third-order valence-electron chi connectivity index (χ3n) is 5.43. The Hall–Kier alpha value is -1.10. The van der Waals surface area contributed by atoms with Crippen LogP contribution in [0.5, 0.6) is 0 Å². The van der Waals surface area contributed by atoms with Crippen molar-refractivity contribution in [3.05, 3.63) is 0 Å². The molecule has 0 aromatic rings. The Morgan fingerprint density at radius 2 is 2.14 bits per heavy atom. The van der Waals surface area contributed by atoms with Gasteiger partial charge in [-0.05, 0) is 57.5 Å². The van der Waals surface area contributed by atoms with Gasteiger partial charge in [-0.25, -0.2) is 0 Å². The maximum Gasteiger partial charge on any atom is 0.311 e. The van der Waals surface area contributed by atoms with E-state index in [-0.39, 0.29) is 11.9 Å². The van der Waals surface area contributed by atoms with Gasteiger partial charge >= 0.3 is 5.97 Å². The number of piperidine rings is 1. The SMILES string of the molecule is CC(CC(=O)NC1CCCC1(C)C(=O)O)C1CCCNC1. The standard InChI is InChI=1S/C16H28N2O3/c1-11(12-5-4-8-17-10-12)9-14(19)18-13-6-3-7-16(13,2)15(20)21/h11-13,17H,3-10H2,1-2H3,(H,18,19)(H,20,21). The van der Waals surface area contributed by atoms with Crippen LogP contribution in [-0.4, -0.2) is 36.1 Å². The smallest absolute Gasteiger partial charge is 0.311 e. The van der Waals surface area contributed by atoms with Gasteiger partial charge in [0.1, 0.15) is 0 Å². The number of rotatable bonds is 5. The number of amides is 1. The minimum atomic E-state index is -0.800. The van der Waals surface area contributed by atoms with Crippen LogP contribution in [0.1, 0.15) is 52.4 Å². The second-order valence-corrected chi connectivity index (χ2v) is 7.02. The van der Waals surface area contributed by atoms with Crippen LogP contribution >= 0.6 is 0 Å². The lowest BCUT2D eigenvalue weighted by Gasteiger charge is -2.30. The van der Waals surface area contributed by atoms with Gasteiger partial charge in [-0.3, -0.25) is 9.59 Å². The van der Waals surface area contributed by atoms with Gasteiger partial charge in [0.25, 0.3) is 0 Å². The Bertz CT molecular complexity index is 393. The van der Waals surface area contributed by atoms with Crippen LogP contribution in [-0.2, 0) is 9.59 Å². The first-order valence-electron chi connectivity index (χ1n) is 8.17. The van der Waals surface area contributed by atoms with Gasteiger partial charge < -0.3 is 15.7 Å². The quantitative estimate of drug-likeness (QED) is 0.722. The number of hydrogen-bond donors (Lipinski definition) is 3. The molecule has 0 bridgehead atoms. The van der Waals surface area contributed by atoms with Crippen molar-refractivity contribution in [2.75, 3.05) is 13.1 Å². The number of carbonyl (C=O) groups is 2. The highest BCUT2D eigenvalue weighted by molar-refractivity contribution is 5.80. The van der Waals surface area contributed by atoms with E-state index >= 15 is 0 Å². The van der Waals surface area contributed by atoms with Crippen molar-refractivity contribution in [1.82, 2.24) is 10.6 Å². The van der Waals surface area contributed by atoms with Gasteiger partial charge in [-0.2, -0.15) is 0 Å². The first-order valence-corrected chi connectivity index (χ1v) is 8.17. The number of carboxylic acid groups (broad SMARTS) is 1. The molecule has 1 heterocycles. The average Bonchev–Trinajstić information content (AvgIpc) is 2.82. The third-order valence-corrected chi connectivity index (χ3v) is 5.43. The maximum atomic E-state index is 12.2. The largest absolute Gasteiger partial charge is 0.481 e. The molecule has 2 fully saturated rings. The summed E-state index contributed by atoms with van der Waals surface area (Å²) in [7, 11) is 0. The lowest BCUT2D eigenvalue weighted by atomic mass is 9.83. The second kappa shape index (κ2) is 6.77. The Labute approximate surface area is 126 Å². The number of carbonyl (C=O) groups excluding carboxylic acids is 1. The zero-order valence-corrected chi connectivity index (χ0v) is 13.2. The van der Waals surface area contributed by atoms with Crippen molar-refractivity contribution in [2.24, 2.45) is 17.3 Å². The van der Waals surface area contributed by atoms with Crippen molar-refractivity contribution in [3.63, 3.8) is 0 Å². The molecule has 1 saturated heterocycles. The van der Waals surface area contributed by atoms with Crippen molar-refractivity contribution >= 4 is 11.9 Å². The molecule has 4 unspecified atom stereocenters. The minimum Gasteiger partial charge on any atom is -0.481 e. The monoisotopic (exact) mass is 296 g/mol. The molecule has 0 aromatic heterocycles. The highest BCUT2D eigenvalue weighted by atomic mass is 16.4. The molecule has 1 saturated carbocycles. The van der Waals surface area contributed by atoms with Gasteiger partial charge in [0, 0.05) is 12.5 Å². The molecule has 0 radical (unpaired) electrons. The lowest BCUT2D eigenvalue weighted by molar-refractivity contribution is -0.149. The Balaban J connectivity index is 1.85. The summed E-state index contributed by atoms with van der Waals surface area (Å²) in [6.45, 7) is 5.95. The van der Waals surface area contributed by atoms with Crippen LogP contribution in [0.25, 0.3) is 0 Å². The van der Waals surface area contributed by atoms with Crippen LogP contribution in [0.4, 0.5) is 0 Å². The molecule has 5 heteroatoms. The molecule has 3 N–H and O–H groups in total. The summed E-state index contributed by atoms with van der Waals surface area (Å²) in [6.07, 6.45) is 5.14. The second-order valence-electron chi connectivity index (χ2n) is 7.02. The molecule has 21 heavy (non-hydrogen) atoms. The summed E-state index contributed by atoms with van der Waals surface area (Å²) in [4.78, 5) is 23.7. The van der Waals surface area contributed by atoms with E-state index in [1.54, 1.807) is 6.92 Å². The summed E-state index contributed by atoms with van der Waals surface area (Å²) < 4.78 is 0. The van der Waals surface area contributed by atoms with E-state index < -0.39 is 11.4 Å². The molecule has 2 rings (SSSR count). The molecule has 1 aliphatic heterocycles. The third kappa shape index (κ3) is 3.76. The summed E-state index contributed by atoms with van der Waals surface area (Å²) in [5, 5.41) is 15.7. The molecule has 4 atom stereocenters. The molecule has 120 valence electrons. The zero-order valence-electron chi connectivity index (χ0n) is 13.2. The van der Waals surface area contributed by atoms with E-state index in [1.165, 1.54) is 12.8 Å². The van der Waals surface area contributed by atoms with Crippen molar-refractivity contribution in [3.8, 4) is 0 Å². The van der Waals surface area contributed by atoms with E-state index in [9.17, 15) is 14.7 Å². The molecule has 5 nitrogen and oxygen atoms in total. The Morgan fingerprint density at radius 1 is 1.38 bits per heavy atom. The summed E-state index contributed by atoms with van der Waals surface area (Å²) in [5.74, 6) is 0.108. The maximum absolute atomic E-state index is 12.2. The van der Waals surface area contributed by atoms with E-state index in [0.29, 0.717) is 24.7 Å². The van der Waals surface area contributed by atoms with Crippen LogP contribution < -0.4 is 10.6 Å². The molecule has 0 aromatic carbocycles. The van der Waals surface area contributed by atoms with Crippen LogP contribution in [0.3, 0.4) is 0 Å². The van der Waals surface area contributed by atoms with Crippen molar-refractivity contribution in [1.29, 1.82) is 0 Å². The fourth-order valence-electron chi connectivity index (χ4n) is 3.73. The molecular formula is C16H28N2O3. The molecule has 1 aliphatic carbocycles. The predicted octanol–water partition coefficient (Wildman–Crippen LogP) is 1.77. The summed E-state index contributed by atoms with van der Waals surface area (Å²) >= 11 is 0. The van der Waals surface area contributed by atoms with Crippen molar-refractivity contribution < 1.29 is 14.7 Å². The number of aliphatic carboxylic acids is 1. The molecule has 0 spiro atoms. The highest BCUT2D eigenvalue weighted by Crippen LogP contribution is 2.38. The lowest BCUT2D eigenvalue weighted by Crippen LogP contribution is -2.47. The highest BCUT2D eigenvalue weighted by Gasteiger charge is 2.45. The predicted molar refractivity (Wildman–Crippen MR) is 80.9 cm³/mol. The molecular weight excluding hydrogens is 268 g/mol. The molecule has 1 amide bonds. The van der Waals surface area contributed by atoms with Gasteiger partial charge in [0.2, 0.25) is 5.91 Å². The van der Waals surface area contributed by atoms with Gasteiger partial charge in [0.05, 0.1) is 5.41 Å². The van der Waals surface area contributed by atoms with E-state index in [1.807, 2.05) is 0 Å². The van der Waals surface area contributed by atoms with E-state index in [0.717, 1.165) is 25.9 Å². The number of nitrogens with one attached hydrogen (secondary N) is 2. The van der Waals surface area contributed by atoms with Gasteiger partial charge in [-0.15, -0.1) is 0 Å². The topological polar surface area (TPSA) is 78.4 Å². The van der Waals surface area contributed by atoms with Crippen LogP contribution in [0.15, 0.2) is 0 Å². The number of carboxylic acids is 1. The van der Waals surface area contributed by atoms with Gasteiger partial charge in [0.15, 0.2) is 0 Å².